The zero-order chi connectivity index (χ0) is 16.2. The van der Waals surface area contributed by atoms with E-state index < -0.39 is 5.97 Å². The van der Waals surface area contributed by atoms with E-state index in [9.17, 15) is 4.79 Å². The monoisotopic (exact) mass is 297 g/mol. The molecule has 0 heterocycles. The van der Waals surface area contributed by atoms with Crippen LogP contribution in [0.2, 0.25) is 0 Å². The van der Waals surface area contributed by atoms with Gasteiger partial charge in [-0.15, -0.1) is 11.6 Å². The molecule has 0 fully saturated rings. The molecular weight excluding hydrogens is 274 g/mol. The van der Waals surface area contributed by atoms with Gasteiger partial charge in [0.25, 0.3) is 0 Å². The summed E-state index contributed by atoms with van der Waals surface area (Å²) in [5.74, 6) is -0.981. The van der Waals surface area contributed by atoms with Crippen molar-refractivity contribution in [2.75, 3.05) is 0 Å². The number of carboxylic acid groups (broad SMARTS) is 1. The third-order valence-corrected chi connectivity index (χ3v) is 2.64. The standard InChI is InChI=1S/C8H8.C5H12ClN.C3H4O2/c1-2-8-6-4-3-5-7-8;1-4(7)5(2,3)6;1-2-3(4)5/h2-7H,1H2;4H,7H2,1-3H3;2H,1H2,(H,4,5). The lowest BCUT2D eigenvalue weighted by Gasteiger charge is -2.19. The molecule has 1 aromatic rings. The van der Waals surface area contributed by atoms with Gasteiger partial charge in [0.1, 0.15) is 0 Å². The number of halogens is 1. The summed E-state index contributed by atoms with van der Waals surface area (Å²) in [5, 5.41) is 7.60. The van der Waals surface area contributed by atoms with E-state index in [1.165, 1.54) is 5.56 Å². The van der Waals surface area contributed by atoms with Crippen molar-refractivity contribution in [1.29, 1.82) is 0 Å². The minimum Gasteiger partial charge on any atom is -0.478 e. The van der Waals surface area contributed by atoms with Crippen LogP contribution >= 0.6 is 11.6 Å². The summed E-state index contributed by atoms with van der Waals surface area (Å²) >= 11 is 5.74. The van der Waals surface area contributed by atoms with Crippen molar-refractivity contribution in [2.45, 2.75) is 31.7 Å². The highest BCUT2D eigenvalue weighted by Gasteiger charge is 2.17. The fraction of sp³-hybridized carbons (Fsp3) is 0.312. The van der Waals surface area contributed by atoms with Crippen LogP contribution in [0.5, 0.6) is 0 Å². The lowest BCUT2D eigenvalue weighted by Crippen LogP contribution is -2.35. The number of nitrogens with two attached hydrogens (primary N) is 1. The molecule has 1 rings (SSSR count). The van der Waals surface area contributed by atoms with Gasteiger partial charge in [0.15, 0.2) is 0 Å². The fourth-order valence-electron chi connectivity index (χ4n) is 0.589. The van der Waals surface area contributed by atoms with Gasteiger partial charge in [-0.2, -0.15) is 0 Å². The van der Waals surface area contributed by atoms with Gasteiger partial charge in [-0.3, -0.25) is 0 Å². The second-order valence-corrected chi connectivity index (χ2v) is 5.48. The maximum absolute atomic E-state index is 9.25. The van der Waals surface area contributed by atoms with Crippen molar-refractivity contribution in [1.82, 2.24) is 0 Å². The van der Waals surface area contributed by atoms with Crippen molar-refractivity contribution in [3.8, 4) is 0 Å². The first-order valence-electron chi connectivity index (χ1n) is 6.12. The van der Waals surface area contributed by atoms with Gasteiger partial charge in [-0.05, 0) is 26.3 Å². The number of carboxylic acids is 1. The van der Waals surface area contributed by atoms with Crippen molar-refractivity contribution in [3.63, 3.8) is 0 Å². The minimum atomic E-state index is -0.981. The fourth-order valence-corrected chi connectivity index (χ4v) is 0.589. The third-order valence-electron chi connectivity index (χ3n) is 2.29. The minimum absolute atomic E-state index is 0.0640. The van der Waals surface area contributed by atoms with Crippen molar-refractivity contribution < 1.29 is 9.90 Å². The Morgan fingerprint density at radius 2 is 1.70 bits per heavy atom. The predicted octanol–water partition coefficient (Wildman–Crippen LogP) is 3.94. The molecule has 0 aliphatic rings. The number of aliphatic carboxylic acids is 1. The van der Waals surface area contributed by atoms with Gasteiger partial charge >= 0.3 is 5.97 Å². The molecule has 112 valence electrons. The van der Waals surface area contributed by atoms with Gasteiger partial charge in [0, 0.05) is 12.1 Å². The SMILES string of the molecule is C=CC(=O)O.C=Cc1ccccc1.CC(N)C(C)(C)Cl. The maximum Gasteiger partial charge on any atom is 0.327 e. The lowest BCUT2D eigenvalue weighted by atomic mass is 10.1. The van der Waals surface area contributed by atoms with Crippen LogP contribution in [0.25, 0.3) is 6.08 Å². The highest BCUT2D eigenvalue weighted by molar-refractivity contribution is 6.23. The Kier molecular flexibility index (Phi) is 11.7. The van der Waals surface area contributed by atoms with E-state index in [0.717, 1.165) is 6.08 Å². The Morgan fingerprint density at radius 1 is 1.35 bits per heavy atom. The average molecular weight is 298 g/mol. The number of alkyl halides is 1. The Bertz CT molecular complexity index is 395. The number of hydrogen-bond donors (Lipinski definition) is 2. The topological polar surface area (TPSA) is 63.3 Å². The summed E-state index contributed by atoms with van der Waals surface area (Å²) < 4.78 is 0. The molecule has 0 saturated carbocycles. The van der Waals surface area contributed by atoms with Gasteiger partial charge in [-0.1, -0.05) is 49.6 Å². The van der Waals surface area contributed by atoms with Crippen LogP contribution in [0, 0.1) is 0 Å². The Balaban J connectivity index is 0. The van der Waals surface area contributed by atoms with E-state index >= 15 is 0 Å². The normalized spacial score (nSPS) is 10.8. The zero-order valence-corrected chi connectivity index (χ0v) is 13.1. The summed E-state index contributed by atoms with van der Waals surface area (Å²) in [6.07, 6.45) is 2.67. The number of hydrogen-bond acceptors (Lipinski definition) is 2. The van der Waals surface area contributed by atoms with Crippen LogP contribution in [0.4, 0.5) is 0 Å². The Labute approximate surface area is 126 Å². The molecule has 1 unspecified atom stereocenters. The molecule has 0 aliphatic carbocycles. The lowest BCUT2D eigenvalue weighted by molar-refractivity contribution is -0.131. The highest BCUT2D eigenvalue weighted by atomic mass is 35.5. The van der Waals surface area contributed by atoms with Gasteiger partial charge < -0.3 is 10.8 Å². The second-order valence-electron chi connectivity index (χ2n) is 4.51. The largest absolute Gasteiger partial charge is 0.478 e. The molecule has 1 atom stereocenters. The molecule has 3 N–H and O–H groups in total. The summed E-state index contributed by atoms with van der Waals surface area (Å²) in [4.78, 5) is 9.00. The molecule has 0 radical (unpaired) electrons. The first-order valence-corrected chi connectivity index (χ1v) is 6.50. The molecule has 0 bridgehead atoms. The zero-order valence-electron chi connectivity index (χ0n) is 12.3. The maximum atomic E-state index is 9.25. The summed E-state index contributed by atoms with van der Waals surface area (Å²) in [7, 11) is 0. The molecule has 0 amide bonds. The van der Waals surface area contributed by atoms with Crippen LogP contribution < -0.4 is 5.73 Å². The summed E-state index contributed by atoms with van der Waals surface area (Å²) in [6, 6.07) is 10.1. The number of benzene rings is 1. The number of rotatable bonds is 3. The van der Waals surface area contributed by atoms with E-state index in [1.807, 2.05) is 57.2 Å². The number of carbonyl (C=O) groups is 1. The van der Waals surface area contributed by atoms with Crippen LogP contribution in [-0.2, 0) is 4.79 Å². The van der Waals surface area contributed by atoms with E-state index in [1.54, 1.807) is 0 Å². The van der Waals surface area contributed by atoms with Crippen molar-refractivity contribution in [2.24, 2.45) is 5.73 Å². The molecule has 20 heavy (non-hydrogen) atoms. The Morgan fingerprint density at radius 3 is 1.85 bits per heavy atom. The van der Waals surface area contributed by atoms with Crippen LogP contribution in [0.1, 0.15) is 26.3 Å². The van der Waals surface area contributed by atoms with E-state index in [2.05, 4.69) is 13.2 Å². The summed E-state index contributed by atoms with van der Waals surface area (Å²) in [5.41, 5.74) is 6.61. The van der Waals surface area contributed by atoms with E-state index in [0.29, 0.717) is 0 Å². The van der Waals surface area contributed by atoms with E-state index in [4.69, 9.17) is 22.4 Å². The molecule has 0 saturated heterocycles. The van der Waals surface area contributed by atoms with Crippen LogP contribution in [0.15, 0.2) is 49.6 Å². The first-order chi connectivity index (χ1) is 9.15. The van der Waals surface area contributed by atoms with E-state index in [-0.39, 0.29) is 10.9 Å². The van der Waals surface area contributed by atoms with Crippen molar-refractivity contribution >= 4 is 23.6 Å². The molecular formula is C16H24ClNO2. The predicted molar refractivity (Wildman–Crippen MR) is 87.9 cm³/mol. The first kappa shape index (κ1) is 20.7. The smallest absolute Gasteiger partial charge is 0.327 e. The second kappa shape index (κ2) is 11.3. The van der Waals surface area contributed by atoms with Gasteiger partial charge in [-0.25, -0.2) is 4.79 Å². The highest BCUT2D eigenvalue weighted by Crippen LogP contribution is 2.14. The van der Waals surface area contributed by atoms with Gasteiger partial charge in [0.2, 0.25) is 0 Å². The quantitative estimate of drug-likeness (QED) is 0.656. The molecule has 3 nitrogen and oxygen atoms in total. The van der Waals surface area contributed by atoms with Crippen LogP contribution in [-0.4, -0.2) is 22.0 Å². The molecule has 1 aromatic carbocycles. The molecule has 4 heteroatoms. The van der Waals surface area contributed by atoms with Crippen LogP contribution in [0.3, 0.4) is 0 Å². The molecule has 0 aliphatic heterocycles. The van der Waals surface area contributed by atoms with Gasteiger partial charge in [0.05, 0.1) is 4.87 Å². The molecule has 0 aromatic heterocycles. The van der Waals surface area contributed by atoms with Crippen molar-refractivity contribution in [3.05, 3.63) is 55.1 Å². The molecule has 0 spiro atoms. The third kappa shape index (κ3) is 14.5. The summed E-state index contributed by atoms with van der Waals surface area (Å²) in [6.45, 7) is 12.3. The Hall–Kier alpha value is -1.58. The average Bonchev–Trinajstić information content (AvgIpc) is 2.40.